The third kappa shape index (κ3) is 2.85. The summed E-state index contributed by atoms with van der Waals surface area (Å²) in [6.45, 7) is 4.88. The van der Waals surface area contributed by atoms with Gasteiger partial charge in [0, 0.05) is 36.9 Å². The Bertz CT molecular complexity index is 622. The van der Waals surface area contributed by atoms with E-state index >= 15 is 0 Å². The van der Waals surface area contributed by atoms with Crippen LogP contribution in [0.2, 0.25) is 0 Å². The maximum absolute atomic E-state index is 4.57. The van der Waals surface area contributed by atoms with Crippen molar-refractivity contribution >= 4 is 16.3 Å². The van der Waals surface area contributed by atoms with Gasteiger partial charge in [-0.25, -0.2) is 9.97 Å². The molecule has 0 spiro atoms. The van der Waals surface area contributed by atoms with Gasteiger partial charge >= 0.3 is 0 Å². The van der Waals surface area contributed by atoms with Gasteiger partial charge in [-0.2, -0.15) is 0 Å². The summed E-state index contributed by atoms with van der Waals surface area (Å²) in [4.78, 5) is 10.0. The Hall–Kier alpha value is -1.66. The second kappa shape index (κ2) is 5.54. The molecular weight excluding hydrogens is 258 g/mol. The second-order valence-electron chi connectivity index (χ2n) is 4.47. The van der Waals surface area contributed by atoms with Gasteiger partial charge in [-0.15, -0.1) is 11.3 Å². The fourth-order valence-corrected chi connectivity index (χ4v) is 2.77. The molecule has 0 amide bonds. The van der Waals surface area contributed by atoms with Crippen LogP contribution >= 0.6 is 11.3 Å². The largest absolute Gasteiger partial charge is 0.331 e. The molecule has 100 valence electrons. The van der Waals surface area contributed by atoms with Gasteiger partial charge in [-0.05, 0) is 6.54 Å². The SMILES string of the molecule is CCNCCc1cn(Cc2cn3ccsc3n2)cn1. The van der Waals surface area contributed by atoms with E-state index in [0.29, 0.717) is 0 Å². The van der Waals surface area contributed by atoms with E-state index in [-0.39, 0.29) is 0 Å². The van der Waals surface area contributed by atoms with Crippen LogP contribution in [0.5, 0.6) is 0 Å². The molecule has 0 aliphatic carbocycles. The lowest BCUT2D eigenvalue weighted by Crippen LogP contribution is -2.16. The first-order valence-electron chi connectivity index (χ1n) is 6.47. The molecule has 6 heteroatoms. The Labute approximate surface area is 115 Å². The van der Waals surface area contributed by atoms with Crippen molar-refractivity contribution in [2.45, 2.75) is 19.9 Å². The molecule has 0 unspecified atom stereocenters. The summed E-state index contributed by atoms with van der Waals surface area (Å²) < 4.78 is 4.15. The monoisotopic (exact) mass is 275 g/mol. The predicted molar refractivity (Wildman–Crippen MR) is 76.6 cm³/mol. The topological polar surface area (TPSA) is 47.2 Å². The van der Waals surface area contributed by atoms with Crippen molar-refractivity contribution < 1.29 is 0 Å². The molecule has 3 aromatic heterocycles. The van der Waals surface area contributed by atoms with Crippen LogP contribution in [0.3, 0.4) is 0 Å². The zero-order valence-corrected chi connectivity index (χ0v) is 11.7. The van der Waals surface area contributed by atoms with Crippen molar-refractivity contribution in [2.75, 3.05) is 13.1 Å². The summed E-state index contributed by atoms with van der Waals surface area (Å²) in [6, 6.07) is 0. The van der Waals surface area contributed by atoms with Crippen molar-refractivity contribution in [2.24, 2.45) is 0 Å². The maximum Gasteiger partial charge on any atom is 0.193 e. The highest BCUT2D eigenvalue weighted by Crippen LogP contribution is 2.12. The molecule has 1 N–H and O–H groups in total. The first-order valence-corrected chi connectivity index (χ1v) is 7.35. The second-order valence-corrected chi connectivity index (χ2v) is 5.34. The van der Waals surface area contributed by atoms with Gasteiger partial charge < -0.3 is 9.88 Å². The van der Waals surface area contributed by atoms with Gasteiger partial charge in [-0.3, -0.25) is 4.40 Å². The Morgan fingerprint density at radius 3 is 3.11 bits per heavy atom. The van der Waals surface area contributed by atoms with E-state index in [1.165, 1.54) is 0 Å². The molecule has 3 rings (SSSR count). The number of likely N-dealkylation sites (N-methyl/N-ethyl adjacent to an activating group) is 1. The van der Waals surface area contributed by atoms with Crippen LogP contribution in [-0.4, -0.2) is 32.0 Å². The highest BCUT2D eigenvalue weighted by molar-refractivity contribution is 7.15. The van der Waals surface area contributed by atoms with Crippen LogP contribution < -0.4 is 5.32 Å². The van der Waals surface area contributed by atoms with Crippen LogP contribution in [0, 0.1) is 0 Å². The van der Waals surface area contributed by atoms with Gasteiger partial charge in [0.2, 0.25) is 0 Å². The molecule has 5 nitrogen and oxygen atoms in total. The maximum atomic E-state index is 4.57. The van der Waals surface area contributed by atoms with Gasteiger partial charge in [0.15, 0.2) is 4.96 Å². The molecule has 0 fully saturated rings. The predicted octanol–water partition coefficient (Wildman–Crippen LogP) is 1.79. The molecule has 0 aliphatic rings. The summed E-state index contributed by atoms with van der Waals surface area (Å²) in [5.74, 6) is 0. The molecule has 0 saturated heterocycles. The fourth-order valence-electron chi connectivity index (χ4n) is 2.05. The summed E-state index contributed by atoms with van der Waals surface area (Å²) in [5.41, 5.74) is 2.20. The molecule has 3 heterocycles. The number of aromatic nitrogens is 4. The zero-order valence-electron chi connectivity index (χ0n) is 10.9. The molecule has 0 radical (unpaired) electrons. The van der Waals surface area contributed by atoms with Crippen molar-refractivity contribution in [3.8, 4) is 0 Å². The molecule has 0 saturated carbocycles. The lowest BCUT2D eigenvalue weighted by atomic mass is 10.3. The average Bonchev–Trinajstić information content (AvgIpc) is 3.06. The van der Waals surface area contributed by atoms with Crippen molar-refractivity contribution in [3.63, 3.8) is 0 Å². The minimum atomic E-state index is 0.780. The normalized spacial score (nSPS) is 11.4. The van der Waals surface area contributed by atoms with Crippen LogP contribution in [0.25, 0.3) is 4.96 Å². The lowest BCUT2D eigenvalue weighted by molar-refractivity contribution is 0.708. The smallest absolute Gasteiger partial charge is 0.193 e. The number of rotatable bonds is 6. The van der Waals surface area contributed by atoms with Crippen LogP contribution in [0.4, 0.5) is 0 Å². The highest BCUT2D eigenvalue weighted by atomic mass is 32.1. The highest BCUT2D eigenvalue weighted by Gasteiger charge is 2.04. The quantitative estimate of drug-likeness (QED) is 0.698. The van der Waals surface area contributed by atoms with Crippen molar-refractivity contribution in [3.05, 3.63) is 41.7 Å². The van der Waals surface area contributed by atoms with Crippen LogP contribution in [-0.2, 0) is 13.0 Å². The number of hydrogen-bond donors (Lipinski definition) is 1. The molecule has 0 atom stereocenters. The van der Waals surface area contributed by atoms with E-state index in [9.17, 15) is 0 Å². The standard InChI is InChI=1S/C13H17N5S/c1-2-14-4-3-11-7-17(10-15-11)8-12-9-18-5-6-19-13(18)16-12/h5-7,9-10,14H,2-4,8H2,1H3. The summed E-state index contributed by atoms with van der Waals surface area (Å²) in [7, 11) is 0. The number of nitrogens with one attached hydrogen (secondary N) is 1. The Balaban J connectivity index is 1.64. The third-order valence-corrected chi connectivity index (χ3v) is 3.75. The molecule has 0 aliphatic heterocycles. The number of fused-ring (bicyclic) bond motifs is 1. The fraction of sp³-hybridized carbons (Fsp3) is 0.385. The molecule has 19 heavy (non-hydrogen) atoms. The van der Waals surface area contributed by atoms with E-state index in [1.807, 2.05) is 17.9 Å². The van der Waals surface area contributed by atoms with E-state index in [1.54, 1.807) is 11.3 Å². The Morgan fingerprint density at radius 2 is 2.26 bits per heavy atom. The third-order valence-electron chi connectivity index (χ3n) is 2.98. The Morgan fingerprint density at radius 1 is 1.32 bits per heavy atom. The van der Waals surface area contributed by atoms with Gasteiger partial charge in [0.05, 0.1) is 24.3 Å². The van der Waals surface area contributed by atoms with E-state index < -0.39 is 0 Å². The van der Waals surface area contributed by atoms with Gasteiger partial charge in [-0.1, -0.05) is 6.92 Å². The minimum Gasteiger partial charge on any atom is -0.331 e. The molecular formula is C13H17N5S. The number of nitrogens with zero attached hydrogens (tertiary/aromatic N) is 4. The summed E-state index contributed by atoms with van der Waals surface area (Å²) in [5, 5.41) is 5.35. The number of imidazole rings is 2. The van der Waals surface area contributed by atoms with E-state index in [2.05, 4.69) is 43.6 Å². The molecule has 3 aromatic rings. The zero-order chi connectivity index (χ0) is 13.1. The first kappa shape index (κ1) is 12.4. The summed E-state index contributed by atoms with van der Waals surface area (Å²) >= 11 is 1.66. The van der Waals surface area contributed by atoms with Gasteiger partial charge in [0.25, 0.3) is 0 Å². The van der Waals surface area contributed by atoms with E-state index in [0.717, 1.165) is 42.4 Å². The van der Waals surface area contributed by atoms with Crippen LogP contribution in [0.1, 0.15) is 18.3 Å². The Kier molecular flexibility index (Phi) is 3.61. The van der Waals surface area contributed by atoms with Crippen molar-refractivity contribution in [1.82, 2.24) is 24.3 Å². The van der Waals surface area contributed by atoms with Crippen molar-refractivity contribution in [1.29, 1.82) is 0 Å². The first-order chi connectivity index (χ1) is 9.35. The molecule has 0 aromatic carbocycles. The lowest BCUT2D eigenvalue weighted by Gasteiger charge is -1.98. The number of hydrogen-bond acceptors (Lipinski definition) is 4. The molecule has 0 bridgehead atoms. The van der Waals surface area contributed by atoms with Crippen LogP contribution in [0.15, 0.2) is 30.3 Å². The summed E-state index contributed by atoms with van der Waals surface area (Å²) in [6.07, 6.45) is 9.06. The average molecular weight is 275 g/mol. The number of thiazole rings is 1. The van der Waals surface area contributed by atoms with E-state index in [4.69, 9.17) is 0 Å². The van der Waals surface area contributed by atoms with Gasteiger partial charge in [0.1, 0.15) is 0 Å². The minimum absolute atomic E-state index is 0.780.